The first-order chi connectivity index (χ1) is 10.1. The molecule has 0 atom stereocenters. The first kappa shape index (κ1) is 15.8. The molecule has 1 N–H and O–H groups in total. The second-order valence-electron chi connectivity index (χ2n) is 5.02. The Balaban J connectivity index is 1.83. The van der Waals surface area contributed by atoms with E-state index in [1.165, 1.54) is 0 Å². The molecule has 0 radical (unpaired) electrons. The highest BCUT2D eigenvalue weighted by Gasteiger charge is 2.22. The maximum atomic E-state index is 12.1. The Morgan fingerprint density at radius 2 is 1.86 bits per heavy atom. The molecule has 2 rings (SSSR count). The van der Waals surface area contributed by atoms with Crippen LogP contribution >= 0.6 is 11.6 Å². The third kappa shape index (κ3) is 4.44. The lowest BCUT2D eigenvalue weighted by Gasteiger charge is -2.34. The molecular formula is C15H20ClN3O2. The van der Waals surface area contributed by atoms with Crippen molar-refractivity contribution >= 4 is 29.1 Å². The number of halogens is 1. The van der Waals surface area contributed by atoms with Crippen LogP contribution < -0.4 is 5.32 Å². The first-order valence-corrected chi connectivity index (χ1v) is 7.52. The topological polar surface area (TPSA) is 52.7 Å². The van der Waals surface area contributed by atoms with Gasteiger partial charge in [0.15, 0.2) is 0 Å². The molecule has 6 heteroatoms. The van der Waals surface area contributed by atoms with Crippen LogP contribution in [0.3, 0.4) is 0 Å². The summed E-state index contributed by atoms with van der Waals surface area (Å²) in [5.74, 6) is -0.457. The quantitative estimate of drug-likeness (QED) is 0.863. The van der Waals surface area contributed by atoms with Gasteiger partial charge in [-0.15, -0.1) is 0 Å². The molecule has 1 saturated heterocycles. The van der Waals surface area contributed by atoms with E-state index >= 15 is 0 Å². The summed E-state index contributed by atoms with van der Waals surface area (Å²) in [6.45, 7) is 6.21. The van der Waals surface area contributed by atoms with Gasteiger partial charge in [-0.05, 0) is 18.7 Å². The van der Waals surface area contributed by atoms with Gasteiger partial charge < -0.3 is 15.1 Å². The van der Waals surface area contributed by atoms with Crippen LogP contribution in [-0.2, 0) is 9.59 Å². The molecule has 2 amide bonds. The average molecular weight is 310 g/mol. The number of piperazine rings is 1. The van der Waals surface area contributed by atoms with E-state index in [0.29, 0.717) is 23.8 Å². The van der Waals surface area contributed by atoms with E-state index in [-0.39, 0.29) is 18.2 Å². The van der Waals surface area contributed by atoms with Gasteiger partial charge in [0, 0.05) is 26.2 Å². The standard InChI is InChI=1S/C15H20ClN3O2/c1-2-18-7-9-19(10-8-18)15(21)11-14(20)17-13-6-4-3-5-12(13)16/h3-6H,2,7-11H2,1H3,(H,17,20). The Morgan fingerprint density at radius 1 is 1.19 bits per heavy atom. The zero-order chi connectivity index (χ0) is 15.2. The molecule has 0 saturated carbocycles. The summed E-state index contributed by atoms with van der Waals surface area (Å²) in [5.41, 5.74) is 0.535. The molecule has 0 spiro atoms. The van der Waals surface area contributed by atoms with Gasteiger partial charge in [-0.2, -0.15) is 0 Å². The van der Waals surface area contributed by atoms with Crippen molar-refractivity contribution in [3.8, 4) is 0 Å². The Labute approximate surface area is 129 Å². The first-order valence-electron chi connectivity index (χ1n) is 7.14. The molecule has 5 nitrogen and oxygen atoms in total. The number of amides is 2. The van der Waals surface area contributed by atoms with E-state index in [2.05, 4.69) is 17.1 Å². The molecule has 0 aromatic heterocycles. The number of carbonyl (C=O) groups is 2. The van der Waals surface area contributed by atoms with E-state index in [4.69, 9.17) is 11.6 Å². The lowest BCUT2D eigenvalue weighted by atomic mass is 10.2. The Bertz CT molecular complexity index is 513. The minimum Gasteiger partial charge on any atom is -0.340 e. The summed E-state index contributed by atoms with van der Waals surface area (Å²) >= 11 is 5.97. The number of nitrogens with zero attached hydrogens (tertiary/aromatic N) is 2. The zero-order valence-electron chi connectivity index (χ0n) is 12.1. The van der Waals surface area contributed by atoms with Crippen molar-refractivity contribution in [3.05, 3.63) is 29.3 Å². The van der Waals surface area contributed by atoms with E-state index in [0.717, 1.165) is 19.6 Å². The predicted molar refractivity (Wildman–Crippen MR) is 83.4 cm³/mol. The molecule has 114 valence electrons. The van der Waals surface area contributed by atoms with Crippen molar-refractivity contribution in [1.82, 2.24) is 9.80 Å². The van der Waals surface area contributed by atoms with Gasteiger partial charge in [0.05, 0.1) is 10.7 Å². The van der Waals surface area contributed by atoms with Gasteiger partial charge in [0.2, 0.25) is 11.8 Å². The number of likely N-dealkylation sites (N-methyl/N-ethyl adjacent to an activating group) is 1. The fourth-order valence-corrected chi connectivity index (χ4v) is 2.50. The molecular weight excluding hydrogens is 290 g/mol. The number of hydrogen-bond acceptors (Lipinski definition) is 3. The summed E-state index contributed by atoms with van der Waals surface area (Å²) in [6.07, 6.45) is -0.142. The second kappa shape index (κ2) is 7.43. The molecule has 0 unspecified atom stereocenters. The highest BCUT2D eigenvalue weighted by atomic mass is 35.5. The average Bonchev–Trinajstić information content (AvgIpc) is 2.49. The predicted octanol–water partition coefficient (Wildman–Crippen LogP) is 1.83. The lowest BCUT2D eigenvalue weighted by Crippen LogP contribution is -2.49. The van der Waals surface area contributed by atoms with Crippen LogP contribution in [0.4, 0.5) is 5.69 Å². The van der Waals surface area contributed by atoms with Crippen LogP contribution in [0, 0.1) is 0 Å². The van der Waals surface area contributed by atoms with E-state index in [9.17, 15) is 9.59 Å². The summed E-state index contributed by atoms with van der Waals surface area (Å²) in [4.78, 5) is 28.0. The highest BCUT2D eigenvalue weighted by molar-refractivity contribution is 6.33. The molecule has 1 aromatic rings. The molecule has 0 bridgehead atoms. The van der Waals surface area contributed by atoms with Crippen molar-refractivity contribution in [2.75, 3.05) is 38.0 Å². The van der Waals surface area contributed by atoms with E-state index in [1.54, 1.807) is 29.2 Å². The lowest BCUT2D eigenvalue weighted by molar-refractivity contribution is -0.136. The third-order valence-electron chi connectivity index (χ3n) is 3.63. The number of benzene rings is 1. The summed E-state index contributed by atoms with van der Waals surface area (Å²) in [6, 6.07) is 6.98. The molecule has 1 fully saturated rings. The number of para-hydroxylation sites is 1. The van der Waals surface area contributed by atoms with Gasteiger partial charge in [-0.3, -0.25) is 9.59 Å². The van der Waals surface area contributed by atoms with Crippen LogP contribution in [0.5, 0.6) is 0 Å². The van der Waals surface area contributed by atoms with Crippen LogP contribution in [0.25, 0.3) is 0 Å². The molecule has 0 aliphatic carbocycles. The van der Waals surface area contributed by atoms with Gasteiger partial charge in [0.1, 0.15) is 6.42 Å². The minimum atomic E-state index is -0.328. The van der Waals surface area contributed by atoms with Crippen molar-refractivity contribution < 1.29 is 9.59 Å². The zero-order valence-corrected chi connectivity index (χ0v) is 12.9. The molecule has 1 aliphatic heterocycles. The van der Waals surface area contributed by atoms with Crippen LogP contribution in [0.15, 0.2) is 24.3 Å². The van der Waals surface area contributed by atoms with Gasteiger partial charge in [-0.1, -0.05) is 30.7 Å². The number of hydrogen-bond donors (Lipinski definition) is 1. The smallest absolute Gasteiger partial charge is 0.233 e. The monoisotopic (exact) mass is 309 g/mol. The minimum absolute atomic E-state index is 0.129. The summed E-state index contributed by atoms with van der Waals surface area (Å²) in [7, 11) is 0. The number of nitrogens with one attached hydrogen (secondary N) is 1. The second-order valence-corrected chi connectivity index (χ2v) is 5.43. The molecule has 1 heterocycles. The highest BCUT2D eigenvalue weighted by Crippen LogP contribution is 2.20. The molecule has 21 heavy (non-hydrogen) atoms. The van der Waals surface area contributed by atoms with Crippen molar-refractivity contribution in [3.63, 3.8) is 0 Å². The Hall–Kier alpha value is -1.59. The van der Waals surface area contributed by atoms with E-state index in [1.807, 2.05) is 0 Å². The fraction of sp³-hybridized carbons (Fsp3) is 0.467. The normalized spacial score (nSPS) is 15.8. The maximum absolute atomic E-state index is 12.1. The summed E-state index contributed by atoms with van der Waals surface area (Å²) < 4.78 is 0. The fourth-order valence-electron chi connectivity index (χ4n) is 2.32. The number of anilines is 1. The van der Waals surface area contributed by atoms with Gasteiger partial charge in [0.25, 0.3) is 0 Å². The van der Waals surface area contributed by atoms with Gasteiger partial charge >= 0.3 is 0 Å². The van der Waals surface area contributed by atoms with Crippen molar-refractivity contribution in [1.29, 1.82) is 0 Å². The Kier molecular flexibility index (Phi) is 5.59. The van der Waals surface area contributed by atoms with Crippen LogP contribution in [0.2, 0.25) is 5.02 Å². The summed E-state index contributed by atoms with van der Waals surface area (Å²) in [5, 5.41) is 3.14. The SMILES string of the molecule is CCN1CCN(C(=O)CC(=O)Nc2ccccc2Cl)CC1. The van der Waals surface area contributed by atoms with Crippen LogP contribution in [0.1, 0.15) is 13.3 Å². The number of carbonyl (C=O) groups excluding carboxylic acids is 2. The Morgan fingerprint density at radius 3 is 2.48 bits per heavy atom. The third-order valence-corrected chi connectivity index (χ3v) is 3.96. The number of rotatable bonds is 4. The van der Waals surface area contributed by atoms with Crippen molar-refractivity contribution in [2.24, 2.45) is 0 Å². The molecule has 1 aromatic carbocycles. The van der Waals surface area contributed by atoms with E-state index < -0.39 is 0 Å². The van der Waals surface area contributed by atoms with Crippen LogP contribution in [-0.4, -0.2) is 54.3 Å². The maximum Gasteiger partial charge on any atom is 0.233 e. The van der Waals surface area contributed by atoms with Gasteiger partial charge in [-0.25, -0.2) is 0 Å². The molecule has 1 aliphatic rings. The largest absolute Gasteiger partial charge is 0.340 e. The van der Waals surface area contributed by atoms with Crippen molar-refractivity contribution in [2.45, 2.75) is 13.3 Å².